The van der Waals surface area contributed by atoms with Crippen LogP contribution in [0.4, 0.5) is 5.69 Å². The van der Waals surface area contributed by atoms with E-state index >= 15 is 0 Å². The van der Waals surface area contributed by atoms with Crippen LogP contribution in [-0.4, -0.2) is 62.9 Å². The maximum atomic E-state index is 14.5. The van der Waals surface area contributed by atoms with E-state index in [-0.39, 0.29) is 41.9 Å². The molecular weight excluding hydrogens is 748 g/mol. The molecular formula is C33H36Cl2IN3O5S. The first kappa shape index (κ1) is 32.8. The van der Waals surface area contributed by atoms with Gasteiger partial charge in [0.15, 0.2) is 0 Å². The highest BCUT2D eigenvalue weighted by molar-refractivity contribution is 14.1. The van der Waals surface area contributed by atoms with Crippen LogP contribution < -0.4 is 15.4 Å². The molecule has 3 aliphatic heterocycles. The fourth-order valence-corrected chi connectivity index (χ4v) is 9.07. The van der Waals surface area contributed by atoms with Gasteiger partial charge in [0.25, 0.3) is 0 Å². The molecule has 8 nitrogen and oxygen atoms in total. The zero-order chi connectivity index (χ0) is 31.9. The Morgan fingerprint density at radius 2 is 1.87 bits per heavy atom. The summed E-state index contributed by atoms with van der Waals surface area (Å²) in [7, 11) is -2.98. The standard InChI is InChI=1S/C33H36Cl2IN3O5S/c1-45(42,43)15-3-12-39-13-10-24(11-14-39)44-29-9-7-23(36)18-25(29)31-33(26-8-6-22(35)17-28(26)37-32(33)41)27(19-30(40)38-31)20-4-2-5-21(34)16-20/h2,4-9,17-18,20,24,27,31H,3,10-16,19H2,1H3,(H,37,41)(H,38,40)/t20?,27-,31-,33-/m0/s1. The molecule has 2 fully saturated rings. The van der Waals surface area contributed by atoms with E-state index in [0.717, 1.165) is 47.2 Å². The van der Waals surface area contributed by atoms with Crippen molar-refractivity contribution in [2.45, 2.75) is 49.7 Å². The van der Waals surface area contributed by atoms with E-state index in [1.165, 1.54) is 6.26 Å². The minimum absolute atomic E-state index is 0.0604. The molecule has 2 N–H and O–H groups in total. The maximum absolute atomic E-state index is 14.5. The van der Waals surface area contributed by atoms with E-state index in [9.17, 15) is 18.0 Å². The number of anilines is 1. The highest BCUT2D eigenvalue weighted by atomic mass is 127. The van der Waals surface area contributed by atoms with Gasteiger partial charge in [-0.15, -0.1) is 0 Å². The van der Waals surface area contributed by atoms with Gasteiger partial charge in [-0.05, 0) is 109 Å². The summed E-state index contributed by atoms with van der Waals surface area (Å²) in [6.45, 7) is 2.35. The second-order valence-corrected chi connectivity index (χ2v) is 16.9. The number of halogens is 3. The van der Waals surface area contributed by atoms with E-state index in [1.54, 1.807) is 12.1 Å². The monoisotopic (exact) mass is 783 g/mol. The number of likely N-dealkylation sites (tertiary alicyclic amines) is 1. The number of sulfone groups is 1. The number of nitrogens with zero attached hydrogens (tertiary/aromatic N) is 1. The third kappa shape index (κ3) is 6.81. The molecule has 1 unspecified atom stereocenters. The topological polar surface area (TPSA) is 105 Å². The number of allylic oxidation sites excluding steroid dienone is 4. The van der Waals surface area contributed by atoms with Crippen LogP contribution in [-0.2, 0) is 24.8 Å². The van der Waals surface area contributed by atoms with Gasteiger partial charge in [0.2, 0.25) is 11.8 Å². The number of ether oxygens (including phenoxy) is 1. The molecule has 0 radical (unpaired) electrons. The van der Waals surface area contributed by atoms with Crippen molar-refractivity contribution < 1.29 is 22.7 Å². The number of hydrogen-bond acceptors (Lipinski definition) is 6. The van der Waals surface area contributed by atoms with Crippen molar-refractivity contribution in [3.8, 4) is 5.75 Å². The molecule has 6 rings (SSSR count). The molecule has 45 heavy (non-hydrogen) atoms. The third-order valence-electron chi connectivity index (χ3n) is 9.49. The van der Waals surface area contributed by atoms with Crippen LogP contribution in [0.1, 0.15) is 49.3 Å². The molecule has 240 valence electrons. The first-order valence-electron chi connectivity index (χ1n) is 15.2. The van der Waals surface area contributed by atoms with Crippen LogP contribution in [0.5, 0.6) is 5.75 Å². The number of hydrogen-bond donors (Lipinski definition) is 2. The van der Waals surface area contributed by atoms with Gasteiger partial charge in [-0.1, -0.05) is 41.4 Å². The van der Waals surface area contributed by atoms with E-state index in [4.69, 9.17) is 27.9 Å². The molecule has 2 aromatic carbocycles. The van der Waals surface area contributed by atoms with Crippen LogP contribution in [0.2, 0.25) is 5.02 Å². The summed E-state index contributed by atoms with van der Waals surface area (Å²) in [5, 5.41) is 7.55. The van der Waals surface area contributed by atoms with Gasteiger partial charge in [-0.25, -0.2) is 8.42 Å². The Morgan fingerprint density at radius 3 is 2.60 bits per heavy atom. The lowest BCUT2D eigenvalue weighted by Gasteiger charge is -2.49. The summed E-state index contributed by atoms with van der Waals surface area (Å²) < 4.78 is 30.8. The van der Waals surface area contributed by atoms with Crippen molar-refractivity contribution in [3.05, 3.63) is 79.4 Å². The summed E-state index contributed by atoms with van der Waals surface area (Å²) in [4.78, 5) is 30.3. The van der Waals surface area contributed by atoms with Gasteiger partial charge < -0.3 is 20.3 Å². The van der Waals surface area contributed by atoms with Crippen molar-refractivity contribution in [1.82, 2.24) is 10.2 Å². The van der Waals surface area contributed by atoms with Crippen LogP contribution in [0, 0.1) is 15.4 Å². The average molecular weight is 785 g/mol. The Kier molecular flexibility index (Phi) is 9.61. The highest BCUT2D eigenvalue weighted by Gasteiger charge is 2.62. The Hall–Kier alpha value is -2.12. The van der Waals surface area contributed by atoms with Crippen LogP contribution >= 0.6 is 45.8 Å². The molecule has 4 aliphatic rings. The minimum Gasteiger partial charge on any atom is -0.490 e. The molecule has 1 spiro atoms. The molecule has 2 aromatic rings. The number of piperidine rings is 2. The molecule has 12 heteroatoms. The first-order valence-corrected chi connectivity index (χ1v) is 19.1. The van der Waals surface area contributed by atoms with Crippen LogP contribution in [0.15, 0.2) is 59.7 Å². The number of amides is 2. The third-order valence-corrected chi connectivity index (χ3v) is 11.7. The van der Waals surface area contributed by atoms with E-state index in [2.05, 4.69) is 44.2 Å². The molecule has 3 heterocycles. The summed E-state index contributed by atoms with van der Waals surface area (Å²) in [5.74, 6) is 0.00974. The van der Waals surface area contributed by atoms with Gasteiger partial charge in [-0.2, -0.15) is 0 Å². The van der Waals surface area contributed by atoms with Crippen molar-refractivity contribution in [2.24, 2.45) is 11.8 Å². The normalized spacial score (nSPS) is 27.2. The highest BCUT2D eigenvalue weighted by Crippen LogP contribution is 2.58. The van der Waals surface area contributed by atoms with Crippen LogP contribution in [0.25, 0.3) is 0 Å². The predicted octanol–water partition coefficient (Wildman–Crippen LogP) is 5.99. The number of rotatable bonds is 8. The maximum Gasteiger partial charge on any atom is 0.237 e. The largest absolute Gasteiger partial charge is 0.490 e. The zero-order valence-electron chi connectivity index (χ0n) is 24.9. The summed E-state index contributed by atoms with van der Waals surface area (Å²) >= 11 is 15.2. The van der Waals surface area contributed by atoms with E-state index in [1.807, 2.05) is 36.4 Å². The second-order valence-electron chi connectivity index (χ2n) is 12.5. The second kappa shape index (κ2) is 13.2. The smallest absolute Gasteiger partial charge is 0.237 e. The van der Waals surface area contributed by atoms with Gasteiger partial charge in [0.05, 0.1) is 11.8 Å². The Labute approximate surface area is 288 Å². The van der Waals surface area contributed by atoms with Gasteiger partial charge >= 0.3 is 0 Å². The lowest BCUT2D eigenvalue weighted by Crippen LogP contribution is -2.59. The zero-order valence-corrected chi connectivity index (χ0v) is 29.4. The number of carbonyl (C=O) groups excluding carboxylic acids is 2. The number of carbonyl (C=O) groups is 2. The summed E-state index contributed by atoms with van der Waals surface area (Å²) in [6.07, 6.45) is 9.94. The Morgan fingerprint density at radius 1 is 1.09 bits per heavy atom. The fourth-order valence-electron chi connectivity index (χ4n) is 7.48. The summed E-state index contributed by atoms with van der Waals surface area (Å²) in [5.41, 5.74) is 1.08. The van der Waals surface area contributed by atoms with Crippen molar-refractivity contribution >= 4 is 73.1 Å². The molecule has 2 saturated heterocycles. The SMILES string of the molecule is CS(=O)(=O)CCCN1CCC(Oc2ccc(I)cc2[C@@H]2NC(=O)C[C@@H](C3C=CC=C(Cl)C3)[C@]23C(=O)Nc2cc(Cl)ccc23)CC1. The number of fused-ring (bicyclic) bond motifs is 2. The fraction of sp³-hybridized carbons (Fsp3) is 0.455. The van der Waals surface area contributed by atoms with Gasteiger partial charge in [0.1, 0.15) is 27.1 Å². The first-order chi connectivity index (χ1) is 21.4. The quantitative estimate of drug-likeness (QED) is 0.319. The van der Waals surface area contributed by atoms with Crippen molar-refractivity contribution in [2.75, 3.05) is 37.0 Å². The minimum atomic E-state index is -2.98. The van der Waals surface area contributed by atoms with Crippen molar-refractivity contribution in [3.63, 3.8) is 0 Å². The molecule has 0 saturated carbocycles. The number of nitrogens with one attached hydrogen (secondary N) is 2. The van der Waals surface area contributed by atoms with Gasteiger partial charge in [0, 0.05) is 50.6 Å². The summed E-state index contributed by atoms with van der Waals surface area (Å²) in [6, 6.07) is 10.7. The predicted molar refractivity (Wildman–Crippen MR) is 186 cm³/mol. The molecule has 0 bridgehead atoms. The van der Waals surface area contributed by atoms with E-state index in [0.29, 0.717) is 34.3 Å². The lowest BCUT2D eigenvalue weighted by molar-refractivity contribution is -0.135. The van der Waals surface area contributed by atoms with E-state index < -0.39 is 21.3 Å². The molecule has 4 atom stereocenters. The Bertz CT molecular complexity index is 1670. The van der Waals surface area contributed by atoms with Crippen molar-refractivity contribution in [1.29, 1.82) is 0 Å². The molecule has 2 amide bonds. The lowest BCUT2D eigenvalue weighted by atomic mass is 9.57. The Balaban J connectivity index is 1.35. The molecule has 1 aliphatic carbocycles. The van der Waals surface area contributed by atoms with Gasteiger partial charge in [-0.3, -0.25) is 9.59 Å². The number of benzene rings is 2. The average Bonchev–Trinajstić information content (AvgIpc) is 3.26. The van der Waals surface area contributed by atoms with Crippen LogP contribution in [0.3, 0.4) is 0 Å². The molecule has 0 aromatic heterocycles.